The van der Waals surface area contributed by atoms with E-state index >= 15 is 0 Å². The molecule has 0 radical (unpaired) electrons. The third-order valence-corrected chi connectivity index (χ3v) is 4.65. The van der Waals surface area contributed by atoms with Crippen molar-refractivity contribution in [1.29, 1.82) is 0 Å². The number of benzene rings is 1. The monoisotopic (exact) mass is 392 g/mol. The molecule has 0 spiro atoms. The van der Waals surface area contributed by atoms with Crippen molar-refractivity contribution in [3.63, 3.8) is 0 Å². The average molecular weight is 392 g/mol. The molecule has 0 fully saturated rings. The highest BCUT2D eigenvalue weighted by Gasteiger charge is 2.22. The summed E-state index contributed by atoms with van der Waals surface area (Å²) in [6.45, 7) is 3.93. The summed E-state index contributed by atoms with van der Waals surface area (Å²) < 4.78 is 10.3. The Balaban J connectivity index is 1.63. The maximum absolute atomic E-state index is 12.0. The predicted octanol–water partition coefficient (Wildman–Crippen LogP) is 2.82. The summed E-state index contributed by atoms with van der Waals surface area (Å²) in [5.74, 6) is 1.19. The first-order valence-electron chi connectivity index (χ1n) is 9.23. The van der Waals surface area contributed by atoms with E-state index in [1.807, 2.05) is 31.2 Å². The Morgan fingerprint density at radius 1 is 1.21 bits per heavy atom. The van der Waals surface area contributed by atoms with Gasteiger partial charge in [-0.1, -0.05) is 29.4 Å². The van der Waals surface area contributed by atoms with E-state index < -0.39 is 11.8 Å². The molecular weight excluding hydrogens is 372 g/mol. The number of nitrogens with zero attached hydrogens (tertiary/aromatic N) is 4. The smallest absolute Gasteiger partial charge is 0.228 e. The minimum atomic E-state index is -0.640. The van der Waals surface area contributed by atoms with Gasteiger partial charge in [0.2, 0.25) is 17.6 Å². The number of primary amides is 1. The lowest BCUT2D eigenvalue weighted by Gasteiger charge is -2.14. The van der Waals surface area contributed by atoms with Gasteiger partial charge in [-0.25, -0.2) is 4.98 Å². The number of anilines is 1. The van der Waals surface area contributed by atoms with Crippen molar-refractivity contribution in [2.45, 2.75) is 26.2 Å². The van der Waals surface area contributed by atoms with Crippen molar-refractivity contribution >= 4 is 22.5 Å². The number of fused-ring (bicyclic) bond motifs is 1. The molecule has 0 aliphatic heterocycles. The van der Waals surface area contributed by atoms with E-state index in [-0.39, 0.29) is 6.54 Å². The largest absolute Gasteiger partial charge is 0.369 e. The van der Waals surface area contributed by atoms with Gasteiger partial charge in [0.1, 0.15) is 17.5 Å². The van der Waals surface area contributed by atoms with Gasteiger partial charge < -0.3 is 20.1 Å². The van der Waals surface area contributed by atoms with Crippen LogP contribution < -0.4 is 11.1 Å². The average Bonchev–Trinajstić information content (AvgIpc) is 3.37. The summed E-state index contributed by atoms with van der Waals surface area (Å²) in [7, 11) is 0. The summed E-state index contributed by atoms with van der Waals surface area (Å²) in [6.07, 6.45) is 2.39. The van der Waals surface area contributed by atoms with Crippen LogP contribution in [0.25, 0.3) is 22.2 Å². The van der Waals surface area contributed by atoms with Gasteiger partial charge in [0.05, 0.1) is 5.69 Å². The highest BCUT2D eigenvalue weighted by atomic mass is 16.5. The molecule has 1 unspecified atom stereocenters. The SMILES string of the molecule is CCc1cc(C(CNc2nccc3ccc(-c4noc(C)n4)cc23)C(N)=O)no1. The van der Waals surface area contributed by atoms with Crippen LogP contribution in [-0.4, -0.2) is 32.7 Å². The van der Waals surface area contributed by atoms with Crippen molar-refractivity contribution in [2.75, 3.05) is 11.9 Å². The van der Waals surface area contributed by atoms with Crippen LogP contribution in [0.3, 0.4) is 0 Å². The molecular formula is C20H20N6O3. The fourth-order valence-electron chi connectivity index (χ4n) is 3.07. The van der Waals surface area contributed by atoms with Gasteiger partial charge in [-0.05, 0) is 17.5 Å². The highest BCUT2D eigenvalue weighted by molar-refractivity contribution is 5.94. The lowest BCUT2D eigenvalue weighted by molar-refractivity contribution is -0.119. The molecule has 0 saturated carbocycles. The van der Waals surface area contributed by atoms with Gasteiger partial charge in [-0.2, -0.15) is 4.98 Å². The fourth-order valence-corrected chi connectivity index (χ4v) is 3.07. The van der Waals surface area contributed by atoms with Crippen molar-refractivity contribution in [1.82, 2.24) is 20.3 Å². The number of aryl methyl sites for hydroxylation is 2. The number of aromatic nitrogens is 4. The zero-order chi connectivity index (χ0) is 20.4. The quantitative estimate of drug-likeness (QED) is 0.490. The van der Waals surface area contributed by atoms with Gasteiger partial charge in [0.25, 0.3) is 0 Å². The first-order valence-corrected chi connectivity index (χ1v) is 9.23. The van der Waals surface area contributed by atoms with E-state index in [1.165, 1.54) is 0 Å². The molecule has 3 aromatic heterocycles. The Morgan fingerprint density at radius 3 is 2.76 bits per heavy atom. The lowest BCUT2D eigenvalue weighted by Crippen LogP contribution is -2.28. The van der Waals surface area contributed by atoms with Gasteiger partial charge in [0, 0.05) is 43.1 Å². The molecule has 1 atom stereocenters. The summed E-state index contributed by atoms with van der Waals surface area (Å²) in [5, 5.41) is 13.0. The number of carbonyl (C=O) groups excluding carboxylic acids is 1. The van der Waals surface area contributed by atoms with Crippen LogP contribution in [0.5, 0.6) is 0 Å². The Hall–Kier alpha value is -3.75. The van der Waals surface area contributed by atoms with Crippen LogP contribution in [0.2, 0.25) is 0 Å². The van der Waals surface area contributed by atoms with Crippen LogP contribution in [0.1, 0.15) is 30.2 Å². The number of hydrogen-bond acceptors (Lipinski definition) is 8. The molecule has 1 aromatic carbocycles. The van der Waals surface area contributed by atoms with E-state index in [0.29, 0.717) is 35.4 Å². The standard InChI is InChI=1S/C20H20N6O3/c1-3-14-9-17(25-29-14)16(18(21)27)10-23-20-15-8-13(19-24-11(2)28-26-19)5-4-12(15)6-7-22-20/h4-9,16H,3,10H2,1-2H3,(H2,21,27)(H,22,23). The molecule has 0 saturated heterocycles. The zero-order valence-electron chi connectivity index (χ0n) is 16.0. The number of pyridine rings is 1. The lowest BCUT2D eigenvalue weighted by atomic mass is 10.0. The molecule has 9 heteroatoms. The number of rotatable bonds is 7. The van der Waals surface area contributed by atoms with Gasteiger partial charge in [0.15, 0.2) is 0 Å². The number of carbonyl (C=O) groups is 1. The number of nitrogens with one attached hydrogen (secondary N) is 1. The van der Waals surface area contributed by atoms with E-state index in [2.05, 4.69) is 25.6 Å². The molecule has 3 N–H and O–H groups in total. The summed E-state index contributed by atoms with van der Waals surface area (Å²) in [4.78, 5) is 20.7. The number of nitrogens with two attached hydrogens (primary N) is 1. The molecule has 9 nitrogen and oxygen atoms in total. The van der Waals surface area contributed by atoms with E-state index in [4.69, 9.17) is 14.8 Å². The Bertz CT molecular complexity index is 1170. The van der Waals surface area contributed by atoms with Crippen molar-refractivity contribution in [3.05, 3.63) is 53.9 Å². The molecule has 3 heterocycles. The minimum Gasteiger partial charge on any atom is -0.369 e. The topological polar surface area (TPSA) is 133 Å². The maximum Gasteiger partial charge on any atom is 0.228 e. The molecule has 4 aromatic rings. The van der Waals surface area contributed by atoms with Crippen molar-refractivity contribution in [2.24, 2.45) is 5.73 Å². The molecule has 4 rings (SSSR count). The Kier molecular flexibility index (Phi) is 4.94. The Labute approximate surface area is 166 Å². The van der Waals surface area contributed by atoms with Crippen LogP contribution in [-0.2, 0) is 11.2 Å². The van der Waals surface area contributed by atoms with Gasteiger partial charge >= 0.3 is 0 Å². The highest BCUT2D eigenvalue weighted by Crippen LogP contribution is 2.27. The minimum absolute atomic E-state index is 0.239. The molecule has 0 aliphatic rings. The second kappa shape index (κ2) is 7.70. The third-order valence-electron chi connectivity index (χ3n) is 4.65. The third kappa shape index (κ3) is 3.79. The normalized spacial score (nSPS) is 12.2. The van der Waals surface area contributed by atoms with Gasteiger partial charge in [-0.15, -0.1) is 0 Å². The first-order chi connectivity index (χ1) is 14.0. The summed E-state index contributed by atoms with van der Waals surface area (Å²) in [5.41, 5.74) is 6.90. The molecule has 0 aliphatic carbocycles. The molecule has 1 amide bonds. The van der Waals surface area contributed by atoms with Gasteiger partial charge in [-0.3, -0.25) is 4.79 Å². The van der Waals surface area contributed by atoms with Crippen LogP contribution >= 0.6 is 0 Å². The van der Waals surface area contributed by atoms with E-state index in [1.54, 1.807) is 19.2 Å². The van der Waals surface area contributed by atoms with Crippen LogP contribution in [0, 0.1) is 6.92 Å². The predicted molar refractivity (Wildman–Crippen MR) is 106 cm³/mol. The fraction of sp³-hybridized carbons (Fsp3) is 0.250. The Morgan fingerprint density at radius 2 is 2.07 bits per heavy atom. The van der Waals surface area contributed by atoms with Crippen LogP contribution in [0.4, 0.5) is 5.82 Å². The van der Waals surface area contributed by atoms with Crippen molar-refractivity contribution < 1.29 is 13.8 Å². The van der Waals surface area contributed by atoms with E-state index in [9.17, 15) is 4.79 Å². The molecule has 148 valence electrons. The first kappa shape index (κ1) is 18.6. The van der Waals surface area contributed by atoms with Crippen molar-refractivity contribution in [3.8, 4) is 11.4 Å². The molecule has 29 heavy (non-hydrogen) atoms. The number of amides is 1. The second-order valence-electron chi connectivity index (χ2n) is 6.64. The second-order valence-corrected chi connectivity index (χ2v) is 6.64. The summed E-state index contributed by atoms with van der Waals surface area (Å²) >= 11 is 0. The summed E-state index contributed by atoms with van der Waals surface area (Å²) in [6, 6.07) is 9.47. The maximum atomic E-state index is 12.0. The zero-order valence-corrected chi connectivity index (χ0v) is 16.0. The number of hydrogen-bond donors (Lipinski definition) is 2. The van der Waals surface area contributed by atoms with E-state index in [0.717, 1.165) is 16.3 Å². The molecule has 0 bridgehead atoms. The van der Waals surface area contributed by atoms with Crippen LogP contribution in [0.15, 0.2) is 45.6 Å².